The minimum Gasteiger partial charge on any atom is -0.387 e. The van der Waals surface area contributed by atoms with Gasteiger partial charge in [-0.1, -0.05) is 22.4 Å². The Morgan fingerprint density at radius 2 is 2.44 bits per heavy atom. The number of hydrogen-bond donors (Lipinski definition) is 1. The van der Waals surface area contributed by atoms with Gasteiger partial charge >= 0.3 is 0 Å². The highest BCUT2D eigenvalue weighted by Crippen LogP contribution is 1.93. The highest BCUT2D eigenvalue weighted by atomic mass is 127. The molecule has 0 bridgehead atoms. The normalized spacial score (nSPS) is 8.56. The SMILES string of the molecule is C=CC=CI=C=CNC. The molecule has 0 aliphatic carbocycles. The van der Waals surface area contributed by atoms with Crippen molar-refractivity contribution in [2.75, 3.05) is 7.05 Å². The van der Waals surface area contributed by atoms with Gasteiger partial charge in [-0.25, -0.2) is 0 Å². The first-order valence-electron chi connectivity index (χ1n) is 2.56. The molecule has 0 heterocycles. The van der Waals surface area contributed by atoms with Gasteiger partial charge in [-0.3, -0.25) is 0 Å². The first-order chi connectivity index (χ1) is 4.41. The minimum atomic E-state index is -0.00784. The average molecular weight is 235 g/mol. The van der Waals surface area contributed by atoms with Crippen molar-refractivity contribution >= 4 is 24.4 Å². The van der Waals surface area contributed by atoms with Crippen molar-refractivity contribution in [2.24, 2.45) is 0 Å². The third-order valence-corrected chi connectivity index (χ3v) is 1.98. The van der Waals surface area contributed by atoms with Gasteiger partial charge in [0, 0.05) is 13.2 Å². The van der Waals surface area contributed by atoms with E-state index in [4.69, 9.17) is 0 Å². The van der Waals surface area contributed by atoms with Crippen LogP contribution in [0.5, 0.6) is 0 Å². The van der Waals surface area contributed by atoms with E-state index in [1.165, 1.54) is 0 Å². The van der Waals surface area contributed by atoms with E-state index in [1.807, 2.05) is 19.3 Å². The van der Waals surface area contributed by atoms with Crippen LogP contribution in [0.25, 0.3) is 0 Å². The fourth-order valence-electron chi connectivity index (χ4n) is 0.210. The molecule has 0 spiro atoms. The fraction of sp³-hybridized carbons (Fsp3) is 0.143. The molecule has 0 aromatic heterocycles. The van der Waals surface area contributed by atoms with E-state index in [1.54, 1.807) is 6.08 Å². The molecule has 0 aromatic rings. The van der Waals surface area contributed by atoms with Crippen LogP contribution in [0.1, 0.15) is 0 Å². The summed E-state index contributed by atoms with van der Waals surface area (Å²) in [7, 11) is 1.87. The first kappa shape index (κ1) is 8.66. The van der Waals surface area contributed by atoms with Crippen LogP contribution in [0, 0.1) is 0 Å². The molecule has 0 amide bonds. The summed E-state index contributed by atoms with van der Waals surface area (Å²) in [6.07, 6.45) is 5.56. The zero-order valence-corrected chi connectivity index (χ0v) is 7.55. The molecule has 0 saturated carbocycles. The van der Waals surface area contributed by atoms with Crippen LogP contribution < -0.4 is 5.32 Å². The third kappa shape index (κ3) is 7.66. The Bertz CT molecular complexity index is 152. The van der Waals surface area contributed by atoms with Gasteiger partial charge in [0.15, 0.2) is 0 Å². The van der Waals surface area contributed by atoms with Gasteiger partial charge in [-0.2, -0.15) is 0 Å². The summed E-state index contributed by atoms with van der Waals surface area (Å²) in [6.45, 7) is 3.56. The van der Waals surface area contributed by atoms with Crippen molar-refractivity contribution in [2.45, 2.75) is 0 Å². The fourth-order valence-corrected chi connectivity index (χ4v) is 1.41. The Labute approximate surface area is 65.9 Å². The van der Waals surface area contributed by atoms with Gasteiger partial charge in [0.1, 0.15) is 0 Å². The second-order valence-corrected chi connectivity index (χ2v) is 3.17. The van der Waals surface area contributed by atoms with Crippen molar-refractivity contribution in [1.29, 1.82) is 0 Å². The Hall–Kier alpha value is -0.340. The minimum absolute atomic E-state index is 0.00784. The second kappa shape index (κ2) is 7.66. The first-order valence-corrected chi connectivity index (χ1v) is 4.88. The summed E-state index contributed by atoms with van der Waals surface area (Å²) in [5.41, 5.74) is 0. The predicted molar refractivity (Wildman–Crippen MR) is 52.0 cm³/mol. The maximum Gasteiger partial charge on any atom is 0.0455 e. The molecular formula is C7H10IN. The van der Waals surface area contributed by atoms with E-state index in [2.05, 4.69) is 19.6 Å². The van der Waals surface area contributed by atoms with Crippen molar-refractivity contribution in [3.05, 3.63) is 29.0 Å². The van der Waals surface area contributed by atoms with Crippen LogP contribution in [0.2, 0.25) is 0 Å². The molecule has 0 fully saturated rings. The van der Waals surface area contributed by atoms with Crippen molar-refractivity contribution in [3.63, 3.8) is 0 Å². The molecule has 0 aliphatic rings. The molecule has 0 aliphatic heterocycles. The molecule has 1 N–H and O–H groups in total. The number of nitrogens with one attached hydrogen (secondary N) is 1. The molecule has 0 rings (SSSR count). The van der Waals surface area contributed by atoms with Crippen LogP contribution in [0.3, 0.4) is 0 Å². The lowest BCUT2D eigenvalue weighted by Gasteiger charge is -1.73. The lowest BCUT2D eigenvalue weighted by Crippen LogP contribution is -1.89. The molecule has 0 aromatic carbocycles. The quantitative estimate of drug-likeness (QED) is 0.580. The number of hydrogen-bond acceptors (Lipinski definition) is 1. The van der Waals surface area contributed by atoms with Crippen molar-refractivity contribution in [1.82, 2.24) is 5.32 Å². The van der Waals surface area contributed by atoms with E-state index in [0.717, 1.165) is 0 Å². The van der Waals surface area contributed by atoms with Gasteiger partial charge in [-0.05, 0) is 24.8 Å². The largest absolute Gasteiger partial charge is 0.387 e. The molecule has 2 heteroatoms. The molecule has 9 heavy (non-hydrogen) atoms. The van der Waals surface area contributed by atoms with Gasteiger partial charge < -0.3 is 5.32 Å². The van der Waals surface area contributed by atoms with Crippen LogP contribution in [0.15, 0.2) is 29.0 Å². The monoisotopic (exact) mass is 235 g/mol. The Kier molecular flexibility index (Phi) is 7.37. The summed E-state index contributed by atoms with van der Waals surface area (Å²) in [5, 5.41) is 2.88. The Morgan fingerprint density at radius 1 is 1.67 bits per heavy atom. The number of allylic oxidation sites excluding steroid dienone is 2. The lowest BCUT2D eigenvalue weighted by molar-refractivity contribution is 1.12. The van der Waals surface area contributed by atoms with Crippen LogP contribution >= 0.6 is 20.7 Å². The topological polar surface area (TPSA) is 12.0 Å². The van der Waals surface area contributed by atoms with Crippen molar-refractivity contribution < 1.29 is 0 Å². The van der Waals surface area contributed by atoms with Crippen LogP contribution in [0.4, 0.5) is 0 Å². The highest BCUT2D eigenvalue weighted by molar-refractivity contribution is 14.2. The Balaban J connectivity index is 3.58. The molecule has 50 valence electrons. The Morgan fingerprint density at radius 3 is 3.00 bits per heavy atom. The summed E-state index contributed by atoms with van der Waals surface area (Å²) in [5.74, 6) is 0. The van der Waals surface area contributed by atoms with Gasteiger partial charge in [0.25, 0.3) is 0 Å². The zero-order valence-electron chi connectivity index (χ0n) is 5.39. The summed E-state index contributed by atoms with van der Waals surface area (Å²) >= 11 is -0.00784. The smallest absolute Gasteiger partial charge is 0.0455 e. The van der Waals surface area contributed by atoms with Crippen LogP contribution in [-0.4, -0.2) is 10.7 Å². The standard InChI is InChI=1S/C7H10IN/c1-3-4-5-8-6-7-9-2/h3-5,7,9H,1H2,2H3. The molecule has 1 nitrogen and oxygen atoms in total. The summed E-state index contributed by atoms with van der Waals surface area (Å²) < 4.78 is 5.21. The average Bonchev–Trinajstić information content (AvgIpc) is 1.89. The maximum atomic E-state index is 3.56. The summed E-state index contributed by atoms with van der Waals surface area (Å²) in [4.78, 5) is 0. The molecule has 0 unspecified atom stereocenters. The summed E-state index contributed by atoms with van der Waals surface area (Å²) in [6, 6.07) is 0. The van der Waals surface area contributed by atoms with Crippen molar-refractivity contribution in [3.8, 4) is 0 Å². The van der Waals surface area contributed by atoms with Crippen LogP contribution in [-0.2, 0) is 0 Å². The van der Waals surface area contributed by atoms with Gasteiger partial charge in [-0.15, -0.1) is 0 Å². The predicted octanol–water partition coefficient (Wildman–Crippen LogP) is 1.79. The van der Waals surface area contributed by atoms with E-state index in [9.17, 15) is 0 Å². The molecular weight excluding hydrogens is 225 g/mol. The second-order valence-electron chi connectivity index (χ2n) is 1.21. The zero-order chi connectivity index (χ0) is 6.95. The number of rotatable bonds is 3. The van der Waals surface area contributed by atoms with Gasteiger partial charge in [0.2, 0.25) is 0 Å². The van der Waals surface area contributed by atoms with E-state index in [-0.39, 0.29) is 20.7 Å². The molecule has 0 saturated heterocycles. The molecule has 0 atom stereocenters. The van der Waals surface area contributed by atoms with E-state index < -0.39 is 0 Å². The van der Waals surface area contributed by atoms with Gasteiger partial charge in [0.05, 0.1) is 0 Å². The third-order valence-electron chi connectivity index (χ3n) is 0.534. The highest BCUT2D eigenvalue weighted by Gasteiger charge is 1.55. The maximum absolute atomic E-state index is 3.56. The van der Waals surface area contributed by atoms with E-state index in [0.29, 0.717) is 0 Å². The van der Waals surface area contributed by atoms with E-state index >= 15 is 0 Å². The molecule has 0 radical (unpaired) electrons. The number of halogens is 1. The lowest BCUT2D eigenvalue weighted by atomic mass is 10.6.